The highest BCUT2D eigenvalue weighted by atomic mass is 32.2. The average molecular weight is 367 g/mol. The Morgan fingerprint density at radius 3 is 2.73 bits per heavy atom. The van der Waals surface area contributed by atoms with Crippen molar-refractivity contribution in [2.24, 2.45) is 0 Å². The Morgan fingerprint density at radius 1 is 1.08 bits per heavy atom. The molecule has 0 spiro atoms. The van der Waals surface area contributed by atoms with Crippen LogP contribution in [0.4, 0.5) is 0 Å². The van der Waals surface area contributed by atoms with Crippen LogP contribution in [0.15, 0.2) is 70.4 Å². The molecule has 0 N–H and O–H groups in total. The van der Waals surface area contributed by atoms with Crippen LogP contribution in [0, 0.1) is 6.92 Å². The zero-order valence-corrected chi connectivity index (χ0v) is 14.5. The fourth-order valence-corrected chi connectivity index (χ4v) is 3.70. The highest BCUT2D eigenvalue weighted by Crippen LogP contribution is 2.27. The number of benzene rings is 2. The first-order chi connectivity index (χ1) is 12.5. The van der Waals surface area contributed by atoms with Gasteiger partial charge in [-0.2, -0.15) is 8.42 Å². The highest BCUT2D eigenvalue weighted by molar-refractivity contribution is 7.87. The van der Waals surface area contributed by atoms with Gasteiger partial charge >= 0.3 is 10.1 Å². The van der Waals surface area contributed by atoms with E-state index >= 15 is 0 Å². The van der Waals surface area contributed by atoms with Crippen LogP contribution < -0.4 is 4.18 Å². The van der Waals surface area contributed by atoms with Gasteiger partial charge in [0, 0.05) is 17.1 Å². The van der Waals surface area contributed by atoms with E-state index in [2.05, 4.69) is 15.2 Å². The second-order valence-electron chi connectivity index (χ2n) is 5.65. The quantitative estimate of drug-likeness (QED) is 0.510. The number of aromatic nitrogens is 3. The highest BCUT2D eigenvalue weighted by Gasteiger charge is 2.21. The Morgan fingerprint density at radius 2 is 1.92 bits per heavy atom. The van der Waals surface area contributed by atoms with Crippen LogP contribution >= 0.6 is 0 Å². The summed E-state index contributed by atoms with van der Waals surface area (Å²) in [5.74, 6) is 0.417. The minimum absolute atomic E-state index is 0.0122. The van der Waals surface area contributed by atoms with Crippen molar-refractivity contribution in [1.29, 1.82) is 0 Å². The van der Waals surface area contributed by atoms with Crippen LogP contribution in [-0.4, -0.2) is 23.6 Å². The third-order valence-corrected chi connectivity index (χ3v) is 5.01. The van der Waals surface area contributed by atoms with Crippen molar-refractivity contribution in [2.75, 3.05) is 0 Å². The molecule has 2 aromatic carbocycles. The largest absolute Gasteiger partial charge is 0.423 e. The van der Waals surface area contributed by atoms with Crippen LogP contribution in [-0.2, 0) is 10.1 Å². The van der Waals surface area contributed by atoms with E-state index in [-0.39, 0.29) is 16.5 Å². The van der Waals surface area contributed by atoms with Crippen molar-refractivity contribution in [2.45, 2.75) is 11.8 Å². The first-order valence-corrected chi connectivity index (χ1v) is 9.10. The van der Waals surface area contributed by atoms with Gasteiger partial charge in [0.25, 0.3) is 0 Å². The predicted molar refractivity (Wildman–Crippen MR) is 94.0 cm³/mol. The number of rotatable bonds is 4. The van der Waals surface area contributed by atoms with Crippen molar-refractivity contribution >= 4 is 21.0 Å². The number of hydrogen-bond acceptors (Lipinski definition) is 7. The fraction of sp³-hybridized carbons (Fsp3) is 0.0556. The number of nitrogens with zero attached hydrogens (tertiary/aromatic N) is 3. The smallest absolute Gasteiger partial charge is 0.341 e. The van der Waals surface area contributed by atoms with Gasteiger partial charge in [-0.05, 0) is 42.8 Å². The Kier molecular flexibility index (Phi) is 3.89. The summed E-state index contributed by atoms with van der Waals surface area (Å²) in [5, 5.41) is 8.14. The minimum Gasteiger partial charge on any atom is -0.423 e. The predicted octanol–water partition coefficient (Wildman–Crippen LogP) is 3.36. The number of pyridine rings is 1. The zero-order chi connectivity index (χ0) is 18.1. The van der Waals surface area contributed by atoms with Gasteiger partial charge in [-0.15, -0.1) is 10.2 Å². The van der Waals surface area contributed by atoms with E-state index in [9.17, 15) is 8.42 Å². The Labute approximate surface area is 149 Å². The molecule has 7 nitrogen and oxygen atoms in total. The van der Waals surface area contributed by atoms with Crippen LogP contribution in [0.1, 0.15) is 5.56 Å². The molecular formula is C18H13N3O4S. The molecule has 0 bridgehead atoms. The lowest BCUT2D eigenvalue weighted by atomic mass is 10.2. The van der Waals surface area contributed by atoms with Crippen LogP contribution in [0.5, 0.6) is 5.75 Å². The van der Waals surface area contributed by atoms with E-state index in [0.717, 1.165) is 10.9 Å². The molecule has 0 aliphatic rings. The standard InChI is InChI=1S/C18H13N3O4S/c1-12-8-13-4-3-7-16(17(13)19-10-12)26(22,23)25-15-6-2-5-14(9-15)18-21-20-11-24-18/h2-11H,1H3. The molecule has 0 aliphatic heterocycles. The Hall–Kier alpha value is -3.26. The van der Waals surface area contributed by atoms with E-state index in [1.807, 2.05) is 19.1 Å². The fourth-order valence-electron chi connectivity index (χ4n) is 2.60. The van der Waals surface area contributed by atoms with Gasteiger partial charge in [-0.1, -0.05) is 18.2 Å². The van der Waals surface area contributed by atoms with Gasteiger partial charge in [0.05, 0.1) is 5.52 Å². The molecule has 0 amide bonds. The van der Waals surface area contributed by atoms with E-state index < -0.39 is 10.1 Å². The molecule has 0 unspecified atom stereocenters. The molecule has 0 radical (unpaired) electrons. The summed E-state index contributed by atoms with van der Waals surface area (Å²) in [6.07, 6.45) is 2.82. The van der Waals surface area contributed by atoms with Crippen molar-refractivity contribution in [3.8, 4) is 17.2 Å². The van der Waals surface area contributed by atoms with Crippen LogP contribution in [0.2, 0.25) is 0 Å². The number of fused-ring (bicyclic) bond motifs is 1. The van der Waals surface area contributed by atoms with E-state index in [1.54, 1.807) is 30.5 Å². The molecule has 26 heavy (non-hydrogen) atoms. The number of hydrogen-bond donors (Lipinski definition) is 0. The number of para-hydroxylation sites is 1. The first-order valence-electron chi connectivity index (χ1n) is 7.69. The SMILES string of the molecule is Cc1cnc2c(S(=O)(=O)Oc3cccc(-c4nnco4)c3)cccc2c1. The molecule has 2 aromatic heterocycles. The van der Waals surface area contributed by atoms with Crippen LogP contribution in [0.3, 0.4) is 0 Å². The summed E-state index contributed by atoms with van der Waals surface area (Å²) in [7, 11) is -4.07. The summed E-state index contributed by atoms with van der Waals surface area (Å²) < 4.78 is 36.0. The number of aryl methyl sites for hydroxylation is 1. The summed E-state index contributed by atoms with van der Waals surface area (Å²) in [6.45, 7) is 1.90. The molecule has 8 heteroatoms. The van der Waals surface area contributed by atoms with Crippen LogP contribution in [0.25, 0.3) is 22.4 Å². The molecule has 130 valence electrons. The second-order valence-corrected chi connectivity index (χ2v) is 7.16. The van der Waals surface area contributed by atoms with E-state index in [0.29, 0.717) is 11.1 Å². The molecule has 2 heterocycles. The third kappa shape index (κ3) is 3.02. The van der Waals surface area contributed by atoms with Gasteiger partial charge in [-0.25, -0.2) is 0 Å². The van der Waals surface area contributed by atoms with Crippen molar-refractivity contribution in [3.63, 3.8) is 0 Å². The van der Waals surface area contributed by atoms with E-state index in [4.69, 9.17) is 8.60 Å². The maximum absolute atomic E-state index is 12.8. The minimum atomic E-state index is -4.07. The Bertz CT molecular complexity index is 1190. The van der Waals surface area contributed by atoms with Gasteiger partial charge in [-0.3, -0.25) is 4.98 Å². The molecule has 0 aliphatic carbocycles. The maximum atomic E-state index is 12.8. The van der Waals surface area contributed by atoms with Gasteiger partial charge in [0.15, 0.2) is 0 Å². The zero-order valence-electron chi connectivity index (χ0n) is 13.7. The molecular weight excluding hydrogens is 354 g/mol. The van der Waals surface area contributed by atoms with Crippen molar-refractivity contribution < 1.29 is 17.0 Å². The maximum Gasteiger partial charge on any atom is 0.341 e. The molecule has 0 saturated heterocycles. The lowest BCUT2D eigenvalue weighted by molar-refractivity contribution is 0.486. The summed E-state index contributed by atoms with van der Waals surface area (Å²) in [4.78, 5) is 4.27. The molecule has 0 fully saturated rings. The molecule has 0 saturated carbocycles. The van der Waals surface area contributed by atoms with E-state index in [1.165, 1.54) is 18.5 Å². The van der Waals surface area contributed by atoms with Crippen molar-refractivity contribution in [3.05, 3.63) is 66.7 Å². The summed E-state index contributed by atoms with van der Waals surface area (Å²) >= 11 is 0. The van der Waals surface area contributed by atoms with Gasteiger partial charge < -0.3 is 8.60 Å². The first kappa shape index (κ1) is 16.2. The third-order valence-electron chi connectivity index (χ3n) is 3.73. The monoisotopic (exact) mass is 367 g/mol. The topological polar surface area (TPSA) is 95.2 Å². The van der Waals surface area contributed by atoms with Crippen molar-refractivity contribution in [1.82, 2.24) is 15.2 Å². The summed E-state index contributed by atoms with van der Waals surface area (Å²) in [6, 6.07) is 13.2. The lowest BCUT2D eigenvalue weighted by Gasteiger charge is -2.10. The molecule has 4 rings (SSSR count). The van der Waals surface area contributed by atoms with Gasteiger partial charge in [0.2, 0.25) is 12.3 Å². The molecule has 4 aromatic rings. The summed E-state index contributed by atoms with van der Waals surface area (Å²) in [5.41, 5.74) is 1.87. The Balaban J connectivity index is 1.74. The lowest BCUT2D eigenvalue weighted by Crippen LogP contribution is -2.11. The average Bonchev–Trinajstić information content (AvgIpc) is 3.15. The molecule has 0 atom stereocenters. The normalized spacial score (nSPS) is 11.6. The van der Waals surface area contributed by atoms with Gasteiger partial charge in [0.1, 0.15) is 10.6 Å². The second kappa shape index (κ2) is 6.23.